The minimum absolute atomic E-state index is 0.0451. The lowest BCUT2D eigenvalue weighted by Crippen LogP contribution is -2.30. The van der Waals surface area contributed by atoms with Crippen molar-refractivity contribution in [3.05, 3.63) is 0 Å². The third kappa shape index (κ3) is 2.03. The second-order valence-electron chi connectivity index (χ2n) is 3.39. The summed E-state index contributed by atoms with van der Waals surface area (Å²) in [7, 11) is 0. The topological polar surface area (TPSA) is 46.2 Å². The molecule has 62 valence electrons. The van der Waals surface area contributed by atoms with Gasteiger partial charge in [0.15, 0.2) is 5.78 Å². The van der Waals surface area contributed by atoms with Gasteiger partial charge in [-0.3, -0.25) is 9.59 Å². The van der Waals surface area contributed by atoms with Gasteiger partial charge in [0.1, 0.15) is 0 Å². The molecule has 0 saturated carbocycles. The highest BCUT2D eigenvalue weighted by Crippen LogP contribution is 2.11. The Hall–Kier alpha value is -0.860. The summed E-state index contributed by atoms with van der Waals surface area (Å²) in [5, 5.41) is 2.65. The van der Waals surface area contributed by atoms with E-state index in [1.807, 2.05) is 13.8 Å². The molecule has 3 nitrogen and oxygen atoms in total. The van der Waals surface area contributed by atoms with Crippen LogP contribution in [0.3, 0.4) is 0 Å². The van der Waals surface area contributed by atoms with Crippen molar-refractivity contribution < 1.29 is 9.59 Å². The third-order valence-electron chi connectivity index (χ3n) is 1.77. The summed E-state index contributed by atoms with van der Waals surface area (Å²) in [5.74, 6) is 0.381. The van der Waals surface area contributed by atoms with Gasteiger partial charge in [-0.05, 0) is 12.3 Å². The van der Waals surface area contributed by atoms with Gasteiger partial charge < -0.3 is 5.32 Å². The molecule has 1 N–H and O–H groups in total. The van der Waals surface area contributed by atoms with E-state index in [1.165, 1.54) is 0 Å². The van der Waals surface area contributed by atoms with Crippen LogP contribution in [0.15, 0.2) is 0 Å². The maximum absolute atomic E-state index is 11.0. The van der Waals surface area contributed by atoms with Gasteiger partial charge in [0.05, 0.1) is 12.5 Å². The number of ketones is 1. The molecule has 0 aromatic heterocycles. The molecular weight excluding hydrogens is 142 g/mol. The highest BCUT2D eigenvalue weighted by molar-refractivity contribution is 6.07. The summed E-state index contributed by atoms with van der Waals surface area (Å²) in [6, 6.07) is -0.206. The van der Waals surface area contributed by atoms with Crippen molar-refractivity contribution in [1.29, 1.82) is 0 Å². The molecule has 0 unspecified atom stereocenters. The summed E-state index contributed by atoms with van der Waals surface area (Å²) in [6.45, 7) is 4.08. The molecule has 11 heavy (non-hydrogen) atoms. The minimum Gasteiger partial charge on any atom is -0.346 e. The predicted octanol–water partition coefficient (Wildman–Crippen LogP) is 0.490. The molecule has 1 heterocycles. The van der Waals surface area contributed by atoms with Gasteiger partial charge >= 0.3 is 0 Å². The van der Waals surface area contributed by atoms with Gasteiger partial charge in [0, 0.05) is 0 Å². The van der Waals surface area contributed by atoms with E-state index in [0.29, 0.717) is 5.92 Å². The maximum atomic E-state index is 11.0. The number of Topliss-reactive ketones (excluding diaryl/α,β-unsaturated/α-hetero) is 1. The van der Waals surface area contributed by atoms with Crippen LogP contribution in [0.1, 0.15) is 26.7 Å². The molecule has 0 radical (unpaired) electrons. The SMILES string of the molecule is CC(C)C[C@@H]1NC(=O)CC1=O. The van der Waals surface area contributed by atoms with E-state index >= 15 is 0 Å². The van der Waals surface area contributed by atoms with Gasteiger partial charge in [-0.15, -0.1) is 0 Å². The summed E-state index contributed by atoms with van der Waals surface area (Å²) in [6.07, 6.45) is 0.849. The highest BCUT2D eigenvalue weighted by Gasteiger charge is 2.29. The first kappa shape index (κ1) is 8.24. The first-order chi connectivity index (χ1) is 5.09. The first-order valence-corrected chi connectivity index (χ1v) is 3.91. The van der Waals surface area contributed by atoms with E-state index in [4.69, 9.17) is 0 Å². The van der Waals surface area contributed by atoms with Crippen molar-refractivity contribution >= 4 is 11.7 Å². The van der Waals surface area contributed by atoms with Crippen LogP contribution in [-0.2, 0) is 9.59 Å². The van der Waals surface area contributed by atoms with Crippen molar-refractivity contribution in [3.63, 3.8) is 0 Å². The molecule has 1 amide bonds. The zero-order valence-corrected chi connectivity index (χ0v) is 6.89. The standard InChI is InChI=1S/C8H13NO2/c1-5(2)3-6-7(10)4-8(11)9-6/h5-6H,3-4H2,1-2H3,(H,9,11)/t6-/m0/s1. The van der Waals surface area contributed by atoms with E-state index in [2.05, 4.69) is 5.32 Å². The van der Waals surface area contributed by atoms with E-state index in [1.54, 1.807) is 0 Å². The van der Waals surface area contributed by atoms with Gasteiger partial charge in [0.25, 0.3) is 0 Å². The van der Waals surface area contributed by atoms with Crippen LogP contribution in [0, 0.1) is 5.92 Å². The number of amides is 1. The molecule has 0 spiro atoms. The number of carbonyl (C=O) groups excluding carboxylic acids is 2. The summed E-state index contributed by atoms with van der Waals surface area (Å²) in [4.78, 5) is 21.8. The van der Waals surface area contributed by atoms with Gasteiger partial charge in [-0.1, -0.05) is 13.8 Å². The van der Waals surface area contributed by atoms with E-state index < -0.39 is 0 Å². The molecule has 0 bridgehead atoms. The van der Waals surface area contributed by atoms with E-state index in [-0.39, 0.29) is 24.2 Å². The summed E-state index contributed by atoms with van der Waals surface area (Å²) in [5.41, 5.74) is 0. The Morgan fingerprint density at radius 1 is 1.55 bits per heavy atom. The van der Waals surface area contributed by atoms with Crippen molar-refractivity contribution in [2.24, 2.45) is 5.92 Å². The molecule has 0 aromatic carbocycles. The number of hydrogen-bond donors (Lipinski definition) is 1. The lowest BCUT2D eigenvalue weighted by atomic mass is 10.0. The summed E-state index contributed by atoms with van der Waals surface area (Å²) < 4.78 is 0. The zero-order valence-electron chi connectivity index (χ0n) is 6.89. The lowest BCUT2D eigenvalue weighted by Gasteiger charge is -2.10. The smallest absolute Gasteiger partial charge is 0.228 e. The number of hydrogen-bond acceptors (Lipinski definition) is 2. The Morgan fingerprint density at radius 3 is 2.55 bits per heavy atom. The van der Waals surface area contributed by atoms with Crippen LogP contribution in [0.25, 0.3) is 0 Å². The molecule has 1 aliphatic rings. The molecule has 1 atom stereocenters. The van der Waals surface area contributed by atoms with Crippen LogP contribution >= 0.6 is 0 Å². The normalized spacial score (nSPS) is 24.5. The van der Waals surface area contributed by atoms with Crippen LogP contribution in [0.5, 0.6) is 0 Å². The van der Waals surface area contributed by atoms with Crippen molar-refractivity contribution in [2.45, 2.75) is 32.7 Å². The first-order valence-electron chi connectivity index (χ1n) is 3.91. The molecular formula is C8H13NO2. The number of nitrogens with one attached hydrogen (secondary N) is 1. The molecule has 3 heteroatoms. The third-order valence-corrected chi connectivity index (χ3v) is 1.77. The Balaban J connectivity index is 2.47. The van der Waals surface area contributed by atoms with Crippen molar-refractivity contribution in [1.82, 2.24) is 5.32 Å². The van der Waals surface area contributed by atoms with Crippen LogP contribution in [0.4, 0.5) is 0 Å². The predicted molar refractivity (Wildman–Crippen MR) is 41.0 cm³/mol. The quantitative estimate of drug-likeness (QED) is 0.590. The van der Waals surface area contributed by atoms with Gasteiger partial charge in [0.2, 0.25) is 5.91 Å². The second kappa shape index (κ2) is 3.03. The molecule has 1 fully saturated rings. The fourth-order valence-electron chi connectivity index (χ4n) is 1.27. The molecule has 1 rings (SSSR count). The van der Waals surface area contributed by atoms with Crippen molar-refractivity contribution in [2.75, 3.05) is 0 Å². The van der Waals surface area contributed by atoms with E-state index in [9.17, 15) is 9.59 Å². The average Bonchev–Trinajstić information content (AvgIpc) is 2.09. The molecule has 0 aromatic rings. The Bertz CT molecular complexity index is 187. The Kier molecular flexibility index (Phi) is 2.27. The Labute approximate surface area is 66.2 Å². The molecule has 1 aliphatic heterocycles. The van der Waals surface area contributed by atoms with Crippen LogP contribution in [0.2, 0.25) is 0 Å². The monoisotopic (exact) mass is 155 g/mol. The number of carbonyl (C=O) groups is 2. The lowest BCUT2D eigenvalue weighted by molar-refractivity contribution is -0.122. The minimum atomic E-state index is -0.206. The fourth-order valence-corrected chi connectivity index (χ4v) is 1.27. The Morgan fingerprint density at radius 2 is 2.18 bits per heavy atom. The second-order valence-corrected chi connectivity index (χ2v) is 3.39. The number of rotatable bonds is 2. The van der Waals surface area contributed by atoms with Crippen molar-refractivity contribution in [3.8, 4) is 0 Å². The fraction of sp³-hybridized carbons (Fsp3) is 0.750. The largest absolute Gasteiger partial charge is 0.346 e. The summed E-state index contributed by atoms with van der Waals surface area (Å²) >= 11 is 0. The molecule has 0 aliphatic carbocycles. The zero-order chi connectivity index (χ0) is 8.43. The maximum Gasteiger partial charge on any atom is 0.228 e. The van der Waals surface area contributed by atoms with Gasteiger partial charge in [-0.2, -0.15) is 0 Å². The van der Waals surface area contributed by atoms with Crippen LogP contribution in [-0.4, -0.2) is 17.7 Å². The average molecular weight is 155 g/mol. The highest BCUT2D eigenvalue weighted by atomic mass is 16.2. The molecule has 1 saturated heterocycles. The van der Waals surface area contributed by atoms with Gasteiger partial charge in [-0.25, -0.2) is 0 Å². The van der Waals surface area contributed by atoms with Crippen LogP contribution < -0.4 is 5.32 Å². The van der Waals surface area contributed by atoms with E-state index in [0.717, 1.165) is 6.42 Å².